The molecule has 0 aliphatic carbocycles. The van der Waals surface area contributed by atoms with E-state index < -0.39 is 0 Å². The van der Waals surface area contributed by atoms with Crippen molar-refractivity contribution in [3.8, 4) is 0 Å². The number of rotatable bonds is 1. The van der Waals surface area contributed by atoms with Crippen LogP contribution in [-0.4, -0.2) is 43.2 Å². The van der Waals surface area contributed by atoms with Gasteiger partial charge in [0.15, 0.2) is 0 Å². The van der Waals surface area contributed by atoms with Gasteiger partial charge in [0.2, 0.25) is 5.91 Å². The van der Waals surface area contributed by atoms with Crippen molar-refractivity contribution in [1.29, 1.82) is 0 Å². The molecule has 1 unspecified atom stereocenters. The van der Waals surface area contributed by atoms with E-state index in [9.17, 15) is 4.79 Å². The molecule has 0 saturated carbocycles. The first kappa shape index (κ1) is 14.3. The van der Waals surface area contributed by atoms with Gasteiger partial charge in [-0.25, -0.2) is 0 Å². The molecular formula is C14H19ClN2O2. The van der Waals surface area contributed by atoms with Crippen LogP contribution in [0.2, 0.25) is 0 Å². The molecule has 1 N–H and O–H groups in total. The number of anilines is 1. The average molecular weight is 283 g/mol. The van der Waals surface area contributed by atoms with Crippen molar-refractivity contribution < 1.29 is 9.53 Å². The van der Waals surface area contributed by atoms with Crippen LogP contribution in [0.1, 0.15) is 11.1 Å². The van der Waals surface area contributed by atoms with E-state index in [1.807, 2.05) is 13.0 Å². The quantitative estimate of drug-likeness (QED) is 0.851. The van der Waals surface area contributed by atoms with Crippen molar-refractivity contribution in [2.45, 2.75) is 19.4 Å². The van der Waals surface area contributed by atoms with E-state index in [0.29, 0.717) is 0 Å². The zero-order valence-electron chi connectivity index (χ0n) is 11.0. The van der Waals surface area contributed by atoms with Crippen molar-refractivity contribution in [2.24, 2.45) is 0 Å². The Morgan fingerprint density at radius 1 is 1.32 bits per heavy atom. The minimum absolute atomic E-state index is 0. The molecule has 1 aromatic rings. The highest BCUT2D eigenvalue weighted by Gasteiger charge is 2.32. The Hall–Kier alpha value is -1.10. The van der Waals surface area contributed by atoms with Gasteiger partial charge in [-0.3, -0.25) is 9.69 Å². The molecule has 1 amide bonds. The first-order chi connectivity index (χ1) is 8.75. The number of nitrogens with zero attached hydrogens (tertiary/aromatic N) is 1. The molecule has 1 saturated heterocycles. The zero-order chi connectivity index (χ0) is 12.5. The summed E-state index contributed by atoms with van der Waals surface area (Å²) >= 11 is 0. The largest absolute Gasteiger partial charge is 0.379 e. The molecule has 2 aliphatic heterocycles. The number of nitrogens with one attached hydrogen (secondary N) is 1. The molecule has 104 valence electrons. The van der Waals surface area contributed by atoms with Gasteiger partial charge in [0, 0.05) is 18.8 Å². The third kappa shape index (κ3) is 2.76. The molecule has 4 nitrogen and oxygen atoms in total. The summed E-state index contributed by atoms with van der Waals surface area (Å²) < 4.78 is 5.34. The molecule has 5 heteroatoms. The minimum atomic E-state index is -0.0387. The highest BCUT2D eigenvalue weighted by molar-refractivity contribution is 5.98. The second-order valence-electron chi connectivity index (χ2n) is 4.97. The third-order valence-electron chi connectivity index (χ3n) is 3.81. The van der Waals surface area contributed by atoms with Gasteiger partial charge in [-0.1, -0.05) is 18.2 Å². The predicted octanol–water partition coefficient (Wildman–Crippen LogP) is 1.61. The standard InChI is InChI=1S/C14H18N2O2.ClH/c1-10-3-2-4-11-9-12(14(17)15-13(10)11)16-5-7-18-8-6-16;/h2-4,12H,5-9H2,1H3,(H,15,17);1H. The van der Waals surface area contributed by atoms with Gasteiger partial charge in [-0.05, 0) is 24.5 Å². The maximum atomic E-state index is 12.2. The Bertz CT molecular complexity index is 473. The normalized spacial score (nSPS) is 23.2. The van der Waals surface area contributed by atoms with Crippen molar-refractivity contribution >= 4 is 24.0 Å². The number of benzene rings is 1. The topological polar surface area (TPSA) is 41.6 Å². The molecule has 2 aliphatic rings. The minimum Gasteiger partial charge on any atom is -0.379 e. The number of halogens is 1. The number of ether oxygens (including phenoxy) is 1. The van der Waals surface area contributed by atoms with Crippen LogP contribution in [0.4, 0.5) is 5.69 Å². The number of aryl methyl sites for hydroxylation is 1. The molecule has 0 aromatic heterocycles. The summed E-state index contributed by atoms with van der Waals surface area (Å²) in [7, 11) is 0. The van der Waals surface area contributed by atoms with E-state index >= 15 is 0 Å². The monoisotopic (exact) mass is 282 g/mol. The molecule has 0 spiro atoms. The lowest BCUT2D eigenvalue weighted by Crippen LogP contribution is -2.52. The van der Waals surface area contributed by atoms with Crippen LogP contribution in [0.3, 0.4) is 0 Å². The van der Waals surface area contributed by atoms with Crippen molar-refractivity contribution in [3.63, 3.8) is 0 Å². The number of amides is 1. The van der Waals surface area contributed by atoms with Gasteiger partial charge in [0.25, 0.3) is 0 Å². The second-order valence-corrected chi connectivity index (χ2v) is 4.97. The first-order valence-electron chi connectivity index (χ1n) is 6.47. The van der Waals surface area contributed by atoms with Crippen LogP contribution >= 0.6 is 12.4 Å². The van der Waals surface area contributed by atoms with E-state index in [-0.39, 0.29) is 24.4 Å². The van der Waals surface area contributed by atoms with Gasteiger partial charge in [0.05, 0.1) is 19.3 Å². The zero-order valence-corrected chi connectivity index (χ0v) is 11.8. The summed E-state index contributed by atoms with van der Waals surface area (Å²) in [5, 5.41) is 3.05. The van der Waals surface area contributed by atoms with Gasteiger partial charge < -0.3 is 10.1 Å². The number of hydrogen-bond acceptors (Lipinski definition) is 3. The van der Waals surface area contributed by atoms with Crippen molar-refractivity contribution in [1.82, 2.24) is 4.90 Å². The van der Waals surface area contributed by atoms with Crippen molar-refractivity contribution in [2.75, 3.05) is 31.6 Å². The number of fused-ring (bicyclic) bond motifs is 1. The SMILES string of the molecule is Cc1cccc2c1NC(=O)C(N1CCOCC1)C2.Cl. The van der Waals surface area contributed by atoms with E-state index in [1.54, 1.807) is 0 Å². The van der Waals surface area contributed by atoms with E-state index in [4.69, 9.17) is 4.74 Å². The molecule has 1 aromatic carbocycles. The van der Waals surface area contributed by atoms with Gasteiger partial charge in [-0.2, -0.15) is 0 Å². The van der Waals surface area contributed by atoms with Crippen LogP contribution in [-0.2, 0) is 16.0 Å². The Balaban J connectivity index is 0.00000133. The maximum Gasteiger partial charge on any atom is 0.242 e. The molecule has 19 heavy (non-hydrogen) atoms. The van der Waals surface area contributed by atoms with E-state index in [0.717, 1.165) is 44.0 Å². The smallest absolute Gasteiger partial charge is 0.242 e. The van der Waals surface area contributed by atoms with E-state index in [1.165, 1.54) is 5.56 Å². The lowest BCUT2D eigenvalue weighted by atomic mass is 9.95. The highest BCUT2D eigenvalue weighted by atomic mass is 35.5. The Morgan fingerprint density at radius 2 is 2.05 bits per heavy atom. The first-order valence-corrected chi connectivity index (χ1v) is 6.47. The number of morpholine rings is 1. The van der Waals surface area contributed by atoms with E-state index in [2.05, 4.69) is 22.3 Å². The lowest BCUT2D eigenvalue weighted by Gasteiger charge is -2.36. The number of carbonyl (C=O) groups excluding carboxylic acids is 1. The number of hydrogen-bond donors (Lipinski definition) is 1. The lowest BCUT2D eigenvalue weighted by molar-refractivity contribution is -0.123. The third-order valence-corrected chi connectivity index (χ3v) is 3.81. The summed E-state index contributed by atoms with van der Waals surface area (Å²) in [6, 6.07) is 6.16. The van der Waals surface area contributed by atoms with Crippen molar-refractivity contribution in [3.05, 3.63) is 29.3 Å². The van der Waals surface area contributed by atoms with Crippen LogP contribution in [0, 0.1) is 6.92 Å². The molecule has 2 heterocycles. The van der Waals surface area contributed by atoms with Gasteiger partial charge in [0.1, 0.15) is 0 Å². The van der Waals surface area contributed by atoms with Crippen LogP contribution in [0.15, 0.2) is 18.2 Å². The molecule has 0 radical (unpaired) electrons. The van der Waals surface area contributed by atoms with Crippen LogP contribution < -0.4 is 5.32 Å². The highest BCUT2D eigenvalue weighted by Crippen LogP contribution is 2.28. The summed E-state index contributed by atoms with van der Waals surface area (Å²) in [6.07, 6.45) is 0.808. The fourth-order valence-electron chi connectivity index (χ4n) is 2.77. The summed E-state index contributed by atoms with van der Waals surface area (Å²) in [5.74, 6) is 0.124. The average Bonchev–Trinajstić information content (AvgIpc) is 2.40. The summed E-state index contributed by atoms with van der Waals surface area (Å²) in [6.45, 7) is 5.18. The van der Waals surface area contributed by atoms with Crippen LogP contribution in [0.25, 0.3) is 0 Å². The number of para-hydroxylation sites is 1. The fraction of sp³-hybridized carbons (Fsp3) is 0.500. The second kappa shape index (κ2) is 5.90. The molecule has 1 fully saturated rings. The molecule has 1 atom stereocenters. The summed E-state index contributed by atoms with van der Waals surface area (Å²) in [5.41, 5.74) is 3.39. The molecule has 3 rings (SSSR count). The van der Waals surface area contributed by atoms with Gasteiger partial charge >= 0.3 is 0 Å². The van der Waals surface area contributed by atoms with Gasteiger partial charge in [-0.15, -0.1) is 12.4 Å². The number of carbonyl (C=O) groups is 1. The fourth-order valence-corrected chi connectivity index (χ4v) is 2.77. The Morgan fingerprint density at radius 3 is 2.79 bits per heavy atom. The Labute approximate surface area is 119 Å². The predicted molar refractivity (Wildman–Crippen MR) is 76.9 cm³/mol. The molecular weight excluding hydrogens is 264 g/mol. The Kier molecular flexibility index (Phi) is 4.45. The van der Waals surface area contributed by atoms with Crippen LogP contribution in [0.5, 0.6) is 0 Å². The maximum absolute atomic E-state index is 12.2. The molecule has 0 bridgehead atoms. The summed E-state index contributed by atoms with van der Waals surface area (Å²) in [4.78, 5) is 14.4.